The first-order valence-corrected chi connectivity index (χ1v) is 14.2. The van der Waals surface area contributed by atoms with E-state index in [1.165, 1.54) is 6.92 Å². The molecule has 3 heterocycles. The predicted octanol–water partition coefficient (Wildman–Crippen LogP) is 1.36. The van der Waals surface area contributed by atoms with E-state index >= 15 is 0 Å². The third-order valence-corrected chi connectivity index (χ3v) is 9.37. The summed E-state index contributed by atoms with van der Waals surface area (Å²) >= 11 is 0. The van der Waals surface area contributed by atoms with E-state index in [2.05, 4.69) is 5.32 Å². The average molecular weight is 546 g/mol. The molecule has 0 saturated carbocycles. The number of hydrogen-bond acceptors (Lipinski definition) is 10. The number of hydrogen-bond donors (Lipinski definition) is 5. The van der Waals surface area contributed by atoms with E-state index in [4.69, 9.17) is 18.9 Å². The van der Waals surface area contributed by atoms with Gasteiger partial charge in [0.25, 0.3) is 0 Å². The summed E-state index contributed by atoms with van der Waals surface area (Å²) in [6, 6.07) is -0.224. The molecule has 38 heavy (non-hydrogen) atoms. The largest absolute Gasteiger partial charge is 0.459 e. The number of nitrogens with one attached hydrogen (secondary N) is 1. The number of carbonyl (C=O) groups excluding carboxylic acids is 1. The highest BCUT2D eigenvalue weighted by Gasteiger charge is 2.57. The second-order valence-electron chi connectivity index (χ2n) is 12.6. The van der Waals surface area contributed by atoms with Crippen LogP contribution in [-0.2, 0) is 23.7 Å². The van der Waals surface area contributed by atoms with Crippen molar-refractivity contribution < 1.29 is 44.2 Å². The maximum absolute atomic E-state index is 13.3. The van der Waals surface area contributed by atoms with Crippen LogP contribution in [0.25, 0.3) is 0 Å². The average Bonchev–Trinajstić information content (AvgIpc) is 3.18. The smallest absolute Gasteiger partial charge is 0.311 e. The molecule has 3 aliphatic rings. The highest BCUT2D eigenvalue weighted by Crippen LogP contribution is 2.47. The van der Waals surface area contributed by atoms with E-state index in [9.17, 15) is 25.2 Å². The molecule has 0 aliphatic carbocycles. The number of rotatable bonds is 6. The molecule has 10 nitrogen and oxygen atoms in total. The van der Waals surface area contributed by atoms with Crippen molar-refractivity contribution in [2.24, 2.45) is 23.7 Å². The quantitative estimate of drug-likeness (QED) is 0.310. The Balaban J connectivity index is 2.03. The SMILES string of the molecule is CC[C@@H](O)[C@@](C)(O)[C@@H]1OC(=O)[C@H](C)[C@@H](O)[C@H](C)[C@@H](O[C@@H]2OC(C)CC(NC)C2O)[C@@]2(C)CC(C)C(O2)[C@@H]1C. The van der Waals surface area contributed by atoms with Crippen LogP contribution in [0, 0.1) is 23.7 Å². The second kappa shape index (κ2) is 11.9. The van der Waals surface area contributed by atoms with Gasteiger partial charge in [-0.3, -0.25) is 4.79 Å². The number of aliphatic hydroxyl groups excluding tert-OH is 3. The molecular weight excluding hydrogens is 494 g/mol. The van der Waals surface area contributed by atoms with Crippen LogP contribution in [0.1, 0.15) is 74.7 Å². The fourth-order valence-corrected chi connectivity index (χ4v) is 7.00. The van der Waals surface area contributed by atoms with Crippen LogP contribution in [0.5, 0.6) is 0 Å². The van der Waals surface area contributed by atoms with Crippen molar-refractivity contribution in [3.05, 3.63) is 0 Å². The van der Waals surface area contributed by atoms with Crippen LogP contribution in [-0.4, -0.2) is 99.7 Å². The lowest BCUT2D eigenvalue weighted by molar-refractivity contribution is -0.296. The molecule has 0 aromatic rings. The number of fused-ring (bicyclic) bond motifs is 2. The van der Waals surface area contributed by atoms with Crippen molar-refractivity contribution in [2.45, 2.75) is 141 Å². The molecule has 0 aromatic heterocycles. The lowest BCUT2D eigenvalue weighted by Gasteiger charge is -2.45. The summed E-state index contributed by atoms with van der Waals surface area (Å²) in [6.07, 6.45) is -5.10. The molecule has 3 aliphatic heterocycles. The summed E-state index contributed by atoms with van der Waals surface area (Å²) in [4.78, 5) is 13.3. The first-order chi connectivity index (χ1) is 17.6. The van der Waals surface area contributed by atoms with Crippen molar-refractivity contribution >= 4 is 5.97 Å². The molecule has 5 N–H and O–H groups in total. The molecular formula is C28H51NO9. The molecule has 0 radical (unpaired) electrons. The third kappa shape index (κ3) is 5.93. The number of aliphatic hydroxyl groups is 4. The van der Waals surface area contributed by atoms with Gasteiger partial charge in [-0.1, -0.05) is 27.7 Å². The zero-order valence-electron chi connectivity index (χ0n) is 24.5. The highest BCUT2D eigenvalue weighted by molar-refractivity contribution is 5.73. The zero-order chi connectivity index (χ0) is 28.7. The molecule has 0 aromatic carbocycles. The second-order valence-corrected chi connectivity index (χ2v) is 12.6. The minimum atomic E-state index is -1.73. The van der Waals surface area contributed by atoms with Gasteiger partial charge in [0, 0.05) is 17.9 Å². The van der Waals surface area contributed by atoms with Crippen molar-refractivity contribution in [3.63, 3.8) is 0 Å². The van der Waals surface area contributed by atoms with E-state index in [-0.39, 0.29) is 24.5 Å². The van der Waals surface area contributed by atoms with Crippen LogP contribution in [0.15, 0.2) is 0 Å². The van der Waals surface area contributed by atoms with Crippen LogP contribution >= 0.6 is 0 Å². The summed E-state index contributed by atoms with van der Waals surface area (Å²) in [7, 11) is 1.78. The van der Waals surface area contributed by atoms with Gasteiger partial charge in [0.05, 0.1) is 42.0 Å². The minimum absolute atomic E-state index is 0.0146. The van der Waals surface area contributed by atoms with Gasteiger partial charge in [0.2, 0.25) is 0 Å². The third-order valence-electron chi connectivity index (χ3n) is 9.37. The van der Waals surface area contributed by atoms with Crippen LogP contribution < -0.4 is 5.32 Å². The molecule has 2 bridgehead atoms. The van der Waals surface area contributed by atoms with E-state index in [0.29, 0.717) is 12.8 Å². The first-order valence-electron chi connectivity index (χ1n) is 14.2. The van der Waals surface area contributed by atoms with Crippen LogP contribution in [0.4, 0.5) is 0 Å². The number of likely N-dealkylation sites (N-methyl/N-ethyl adjacent to an activating group) is 1. The molecule has 3 rings (SSSR count). The number of carbonyl (C=O) groups is 1. The standard InChI is InChI=1S/C28H51NO9/c1-10-19(30)28(8,34)24-17(6)22-13(2)12-27(7,38-22)23(15(4)20(31)16(5)25(33)36-24)37-26-21(32)18(29-9)11-14(3)35-26/h13-24,26,29-32,34H,10-12H2,1-9H3/t13?,14?,15-,16+,17-,18?,19+,20-,21?,22?,23+,24+,26-,27+,28+/m0/s1. The molecule has 222 valence electrons. The van der Waals surface area contributed by atoms with Crippen LogP contribution in [0.3, 0.4) is 0 Å². The van der Waals surface area contributed by atoms with Gasteiger partial charge in [0.1, 0.15) is 17.8 Å². The zero-order valence-corrected chi connectivity index (χ0v) is 24.5. The summed E-state index contributed by atoms with van der Waals surface area (Å²) in [5.74, 6) is -2.70. The normalized spacial score (nSPS) is 49.0. The summed E-state index contributed by atoms with van der Waals surface area (Å²) < 4.78 is 25.1. The Morgan fingerprint density at radius 2 is 1.79 bits per heavy atom. The monoisotopic (exact) mass is 545 g/mol. The number of esters is 1. The lowest BCUT2D eigenvalue weighted by atomic mass is 9.76. The molecule has 3 fully saturated rings. The first kappa shape index (κ1) is 31.7. The number of ether oxygens (including phenoxy) is 4. The fourth-order valence-electron chi connectivity index (χ4n) is 7.00. The Morgan fingerprint density at radius 3 is 2.37 bits per heavy atom. The van der Waals surface area contributed by atoms with Crippen molar-refractivity contribution in [2.75, 3.05) is 7.05 Å². The predicted molar refractivity (Wildman–Crippen MR) is 140 cm³/mol. The van der Waals surface area contributed by atoms with Crippen LogP contribution in [0.2, 0.25) is 0 Å². The molecule has 5 unspecified atom stereocenters. The van der Waals surface area contributed by atoms with Gasteiger partial charge in [-0.25, -0.2) is 0 Å². The summed E-state index contributed by atoms with van der Waals surface area (Å²) in [6.45, 7) is 14.4. The van der Waals surface area contributed by atoms with E-state index < -0.39 is 77.8 Å². The fraction of sp³-hybridized carbons (Fsp3) is 0.964. The Kier molecular flexibility index (Phi) is 9.96. The molecule has 3 saturated heterocycles. The van der Waals surface area contributed by atoms with Crippen molar-refractivity contribution in [1.29, 1.82) is 0 Å². The Morgan fingerprint density at radius 1 is 1.16 bits per heavy atom. The van der Waals surface area contributed by atoms with Gasteiger partial charge in [-0.2, -0.15) is 0 Å². The molecule has 15 atom stereocenters. The highest BCUT2D eigenvalue weighted by atomic mass is 16.7. The summed E-state index contributed by atoms with van der Waals surface area (Å²) in [5, 5.41) is 47.6. The van der Waals surface area contributed by atoms with Crippen molar-refractivity contribution in [3.8, 4) is 0 Å². The maximum Gasteiger partial charge on any atom is 0.311 e. The van der Waals surface area contributed by atoms with Gasteiger partial charge in [-0.05, 0) is 59.9 Å². The Bertz CT molecular complexity index is 811. The Labute approximate surface area is 227 Å². The van der Waals surface area contributed by atoms with Gasteiger partial charge < -0.3 is 44.7 Å². The lowest BCUT2D eigenvalue weighted by Crippen LogP contribution is -2.58. The topological polar surface area (TPSA) is 147 Å². The van der Waals surface area contributed by atoms with Gasteiger partial charge in [-0.15, -0.1) is 0 Å². The molecule has 0 spiro atoms. The van der Waals surface area contributed by atoms with Gasteiger partial charge in [0.15, 0.2) is 6.29 Å². The van der Waals surface area contributed by atoms with E-state index in [1.54, 1.807) is 27.8 Å². The maximum atomic E-state index is 13.3. The van der Waals surface area contributed by atoms with E-state index in [0.717, 1.165) is 0 Å². The molecule has 10 heteroatoms. The summed E-state index contributed by atoms with van der Waals surface area (Å²) in [5.41, 5.74) is -2.63. The van der Waals surface area contributed by atoms with Crippen molar-refractivity contribution in [1.82, 2.24) is 5.32 Å². The number of cyclic esters (lactones) is 1. The molecule has 0 amide bonds. The Hall–Kier alpha value is -0.850. The van der Waals surface area contributed by atoms with Gasteiger partial charge >= 0.3 is 5.97 Å². The minimum Gasteiger partial charge on any atom is -0.459 e. The van der Waals surface area contributed by atoms with E-state index in [1.807, 2.05) is 27.7 Å².